The number of H-pyrrole nitrogens is 1. The SMILES string of the molecule is COC(=O)c1c(C)[nH]c(C(=O)C(C)SCc2ccccc2)c1C. The summed E-state index contributed by atoms with van der Waals surface area (Å²) in [5, 5.41) is -0.197. The van der Waals surface area contributed by atoms with E-state index in [4.69, 9.17) is 4.74 Å². The largest absolute Gasteiger partial charge is 0.465 e. The summed E-state index contributed by atoms with van der Waals surface area (Å²) in [6.07, 6.45) is 0. The minimum absolute atomic E-state index is 0.00156. The van der Waals surface area contributed by atoms with Gasteiger partial charge in [0.05, 0.1) is 23.6 Å². The molecule has 4 nitrogen and oxygen atoms in total. The van der Waals surface area contributed by atoms with Crippen LogP contribution in [-0.4, -0.2) is 29.1 Å². The zero-order valence-corrected chi connectivity index (χ0v) is 14.6. The number of carbonyl (C=O) groups is 2. The highest BCUT2D eigenvalue weighted by Crippen LogP contribution is 2.25. The molecular formula is C18H21NO3S. The average Bonchev–Trinajstić information content (AvgIpc) is 2.86. The van der Waals surface area contributed by atoms with Gasteiger partial charge < -0.3 is 9.72 Å². The summed E-state index contributed by atoms with van der Waals surface area (Å²) < 4.78 is 4.78. The number of hydrogen-bond acceptors (Lipinski definition) is 4. The van der Waals surface area contributed by atoms with Crippen molar-refractivity contribution in [2.45, 2.75) is 31.8 Å². The van der Waals surface area contributed by atoms with Gasteiger partial charge in [-0.05, 0) is 31.9 Å². The van der Waals surface area contributed by atoms with Crippen LogP contribution >= 0.6 is 11.8 Å². The topological polar surface area (TPSA) is 59.2 Å². The van der Waals surface area contributed by atoms with Gasteiger partial charge in [-0.3, -0.25) is 4.79 Å². The summed E-state index contributed by atoms with van der Waals surface area (Å²) in [7, 11) is 1.34. The van der Waals surface area contributed by atoms with Crippen molar-refractivity contribution in [3.05, 3.63) is 58.4 Å². The van der Waals surface area contributed by atoms with Crippen molar-refractivity contribution >= 4 is 23.5 Å². The van der Waals surface area contributed by atoms with Crippen molar-refractivity contribution in [2.75, 3.05) is 7.11 Å². The first-order valence-electron chi connectivity index (χ1n) is 7.43. The monoisotopic (exact) mass is 331 g/mol. The maximum absolute atomic E-state index is 12.7. The Morgan fingerprint density at radius 1 is 1.22 bits per heavy atom. The van der Waals surface area contributed by atoms with E-state index in [0.717, 1.165) is 5.75 Å². The molecule has 2 rings (SSSR count). The molecule has 0 radical (unpaired) electrons. The van der Waals surface area contributed by atoms with Crippen molar-refractivity contribution < 1.29 is 14.3 Å². The lowest BCUT2D eigenvalue weighted by Gasteiger charge is -2.10. The Kier molecular flexibility index (Phi) is 5.66. The van der Waals surface area contributed by atoms with Crippen molar-refractivity contribution in [2.24, 2.45) is 0 Å². The first-order valence-corrected chi connectivity index (χ1v) is 8.47. The normalized spacial score (nSPS) is 12.0. The molecule has 1 heterocycles. The summed E-state index contributed by atoms with van der Waals surface area (Å²) in [6.45, 7) is 5.44. The number of aromatic amines is 1. The number of methoxy groups -OCH3 is 1. The molecular weight excluding hydrogens is 310 g/mol. The minimum Gasteiger partial charge on any atom is -0.465 e. The smallest absolute Gasteiger partial charge is 0.339 e. The predicted molar refractivity (Wildman–Crippen MR) is 93.1 cm³/mol. The Bertz CT molecular complexity index is 707. The standard InChI is InChI=1S/C18H21NO3S/c1-11-15(18(21)22-4)12(2)19-16(11)17(20)13(3)23-10-14-8-6-5-7-9-14/h5-9,13,19H,10H2,1-4H3. The van der Waals surface area contributed by atoms with E-state index in [1.807, 2.05) is 37.3 Å². The third-order valence-electron chi connectivity index (χ3n) is 3.79. The van der Waals surface area contributed by atoms with Gasteiger partial charge in [-0.1, -0.05) is 30.3 Å². The van der Waals surface area contributed by atoms with E-state index in [2.05, 4.69) is 4.98 Å². The van der Waals surface area contributed by atoms with Crippen molar-refractivity contribution in [1.29, 1.82) is 0 Å². The van der Waals surface area contributed by atoms with E-state index in [1.165, 1.54) is 12.7 Å². The number of aromatic nitrogens is 1. The molecule has 0 aliphatic carbocycles. The van der Waals surface area contributed by atoms with Crippen molar-refractivity contribution in [1.82, 2.24) is 4.98 Å². The number of hydrogen-bond donors (Lipinski definition) is 1. The Morgan fingerprint density at radius 2 is 1.87 bits per heavy atom. The third kappa shape index (κ3) is 3.85. The average molecular weight is 331 g/mol. The molecule has 1 unspecified atom stereocenters. The molecule has 0 saturated carbocycles. The summed E-state index contributed by atoms with van der Waals surface area (Å²) in [6, 6.07) is 10.0. The zero-order valence-electron chi connectivity index (χ0n) is 13.8. The highest BCUT2D eigenvalue weighted by molar-refractivity contribution is 7.99. The Morgan fingerprint density at radius 3 is 2.48 bits per heavy atom. The highest BCUT2D eigenvalue weighted by Gasteiger charge is 2.25. The first kappa shape index (κ1) is 17.3. The van der Waals surface area contributed by atoms with Crippen LogP contribution in [0.1, 0.15) is 44.6 Å². The molecule has 0 spiro atoms. The quantitative estimate of drug-likeness (QED) is 0.644. The van der Waals surface area contributed by atoms with Crippen LogP contribution in [0.5, 0.6) is 0 Å². The van der Waals surface area contributed by atoms with Gasteiger partial charge in [-0.25, -0.2) is 4.79 Å². The van der Waals surface area contributed by atoms with Gasteiger partial charge in [0, 0.05) is 11.4 Å². The molecule has 5 heteroatoms. The van der Waals surface area contributed by atoms with Crippen LogP contribution in [-0.2, 0) is 10.5 Å². The van der Waals surface area contributed by atoms with E-state index >= 15 is 0 Å². The van der Waals surface area contributed by atoms with E-state index < -0.39 is 5.97 Å². The summed E-state index contributed by atoms with van der Waals surface area (Å²) in [5.74, 6) is 0.359. The summed E-state index contributed by atoms with van der Waals surface area (Å²) >= 11 is 1.58. The van der Waals surface area contributed by atoms with Gasteiger partial charge in [-0.15, -0.1) is 11.8 Å². The third-order valence-corrected chi connectivity index (χ3v) is 5.00. The van der Waals surface area contributed by atoms with Crippen LogP contribution in [0.15, 0.2) is 30.3 Å². The molecule has 23 heavy (non-hydrogen) atoms. The number of Topliss-reactive ketones (excluding diaryl/α,β-unsaturated/α-hetero) is 1. The molecule has 1 aromatic carbocycles. The molecule has 1 N–H and O–H groups in total. The lowest BCUT2D eigenvalue weighted by atomic mass is 10.1. The molecule has 0 bridgehead atoms. The maximum atomic E-state index is 12.7. The van der Waals surface area contributed by atoms with Crippen LogP contribution < -0.4 is 0 Å². The van der Waals surface area contributed by atoms with Gasteiger partial charge in [-0.2, -0.15) is 0 Å². The number of benzene rings is 1. The molecule has 0 fully saturated rings. The van der Waals surface area contributed by atoms with E-state index in [9.17, 15) is 9.59 Å². The van der Waals surface area contributed by atoms with Crippen LogP contribution in [0.2, 0.25) is 0 Å². The number of ketones is 1. The van der Waals surface area contributed by atoms with Gasteiger partial charge in [0.15, 0.2) is 5.78 Å². The van der Waals surface area contributed by atoms with Crippen LogP contribution in [0.4, 0.5) is 0 Å². The number of carbonyl (C=O) groups excluding carboxylic acids is 2. The van der Waals surface area contributed by atoms with Crippen molar-refractivity contribution in [3.63, 3.8) is 0 Å². The molecule has 122 valence electrons. The number of nitrogens with one attached hydrogen (secondary N) is 1. The number of aryl methyl sites for hydroxylation is 1. The molecule has 2 aromatic rings. The highest BCUT2D eigenvalue weighted by atomic mass is 32.2. The fourth-order valence-electron chi connectivity index (χ4n) is 2.48. The first-order chi connectivity index (χ1) is 11.0. The van der Waals surface area contributed by atoms with Crippen LogP contribution in [0.25, 0.3) is 0 Å². The number of rotatable bonds is 6. The van der Waals surface area contributed by atoms with Gasteiger partial charge in [0.1, 0.15) is 0 Å². The molecule has 0 saturated heterocycles. The maximum Gasteiger partial charge on any atom is 0.339 e. The van der Waals surface area contributed by atoms with Gasteiger partial charge >= 0.3 is 5.97 Å². The molecule has 0 aliphatic heterocycles. The predicted octanol–water partition coefficient (Wildman–Crippen LogP) is 3.92. The second-order valence-electron chi connectivity index (χ2n) is 5.42. The van der Waals surface area contributed by atoms with E-state index in [0.29, 0.717) is 22.5 Å². The zero-order chi connectivity index (χ0) is 17.0. The number of thioether (sulfide) groups is 1. The molecule has 0 amide bonds. The van der Waals surface area contributed by atoms with Gasteiger partial charge in [0.25, 0.3) is 0 Å². The van der Waals surface area contributed by atoms with Crippen LogP contribution in [0.3, 0.4) is 0 Å². The molecule has 1 aromatic heterocycles. The Hall–Kier alpha value is -2.01. The molecule has 1 atom stereocenters. The number of ether oxygens (including phenoxy) is 1. The fourth-order valence-corrected chi connectivity index (χ4v) is 3.38. The minimum atomic E-state index is -0.417. The summed E-state index contributed by atoms with van der Waals surface area (Å²) in [4.78, 5) is 27.5. The lowest BCUT2D eigenvalue weighted by Crippen LogP contribution is -2.15. The van der Waals surface area contributed by atoms with Gasteiger partial charge in [0.2, 0.25) is 0 Å². The fraction of sp³-hybridized carbons (Fsp3) is 0.333. The van der Waals surface area contributed by atoms with Crippen LogP contribution in [0, 0.1) is 13.8 Å². The summed E-state index contributed by atoms with van der Waals surface area (Å²) in [5.41, 5.74) is 3.46. The van der Waals surface area contributed by atoms with Crippen molar-refractivity contribution in [3.8, 4) is 0 Å². The van der Waals surface area contributed by atoms with E-state index in [-0.39, 0.29) is 11.0 Å². The Labute approximate surface area is 140 Å². The van der Waals surface area contributed by atoms with E-state index in [1.54, 1.807) is 25.6 Å². The number of esters is 1. The lowest BCUT2D eigenvalue weighted by molar-refractivity contribution is 0.0599. The second-order valence-corrected chi connectivity index (χ2v) is 6.75. The Balaban J connectivity index is 2.12. The molecule has 0 aliphatic rings. The second kappa shape index (κ2) is 7.51.